The largest absolute Gasteiger partial charge is 0.309 e. The number of nitriles is 1. The Morgan fingerprint density at radius 1 is 1.19 bits per heavy atom. The van der Waals surface area contributed by atoms with Gasteiger partial charge in [0.1, 0.15) is 6.04 Å². The summed E-state index contributed by atoms with van der Waals surface area (Å²) in [5.41, 5.74) is 2.73. The number of para-hydroxylation sites is 1. The van der Waals surface area contributed by atoms with Gasteiger partial charge >= 0.3 is 0 Å². The van der Waals surface area contributed by atoms with Gasteiger partial charge in [-0.3, -0.25) is 4.79 Å². The first-order chi connectivity index (χ1) is 13.1. The van der Waals surface area contributed by atoms with E-state index in [1.807, 2.05) is 61.5 Å². The molecule has 1 aromatic heterocycles. The Kier molecular flexibility index (Phi) is 5.57. The molecule has 0 aliphatic carbocycles. The van der Waals surface area contributed by atoms with Gasteiger partial charge in [0.25, 0.3) is 5.91 Å². The van der Waals surface area contributed by atoms with Crippen LogP contribution in [0, 0.1) is 18.3 Å². The Morgan fingerprint density at radius 3 is 2.56 bits per heavy atom. The number of aromatic nitrogens is 4. The molecule has 1 heterocycles. The smallest absolute Gasteiger partial charge is 0.253 e. The fourth-order valence-corrected chi connectivity index (χ4v) is 2.67. The maximum Gasteiger partial charge on any atom is 0.253 e. The normalized spacial score (nSPS) is 11.6. The van der Waals surface area contributed by atoms with E-state index < -0.39 is 6.04 Å². The molecule has 0 aliphatic heterocycles. The fourth-order valence-electron chi connectivity index (χ4n) is 2.67. The molecular formula is C20H20N6O. The highest BCUT2D eigenvalue weighted by Crippen LogP contribution is 2.20. The van der Waals surface area contributed by atoms with Gasteiger partial charge in [-0.05, 0) is 31.2 Å². The molecule has 136 valence electrons. The molecule has 0 unspecified atom stereocenters. The lowest BCUT2D eigenvalue weighted by atomic mass is 10.1. The first-order valence-electron chi connectivity index (χ1n) is 8.70. The Morgan fingerprint density at radius 2 is 1.89 bits per heavy atom. The molecule has 0 fully saturated rings. The van der Waals surface area contributed by atoms with E-state index in [1.54, 1.807) is 11.8 Å². The van der Waals surface area contributed by atoms with Crippen LogP contribution in [0.25, 0.3) is 11.4 Å². The van der Waals surface area contributed by atoms with Crippen molar-refractivity contribution in [2.75, 3.05) is 11.4 Å². The SMILES string of the molecule is Cc1ccc(-c2nnn([C@H](C)C(=O)N(CCC#N)c3ccccc3)n2)cc1. The van der Waals surface area contributed by atoms with E-state index in [0.29, 0.717) is 12.4 Å². The van der Waals surface area contributed by atoms with Gasteiger partial charge in [-0.25, -0.2) is 0 Å². The third-order valence-electron chi connectivity index (χ3n) is 4.22. The summed E-state index contributed by atoms with van der Waals surface area (Å²) in [5.74, 6) is 0.280. The fraction of sp³-hybridized carbons (Fsp3) is 0.250. The molecule has 0 saturated heterocycles. The molecule has 0 aliphatic rings. The second-order valence-electron chi connectivity index (χ2n) is 6.21. The minimum Gasteiger partial charge on any atom is -0.309 e. The van der Waals surface area contributed by atoms with Crippen molar-refractivity contribution < 1.29 is 4.79 Å². The number of tetrazole rings is 1. The monoisotopic (exact) mass is 360 g/mol. The number of aryl methyl sites for hydroxylation is 1. The van der Waals surface area contributed by atoms with Crippen molar-refractivity contribution in [1.29, 1.82) is 5.26 Å². The van der Waals surface area contributed by atoms with E-state index in [1.165, 1.54) is 4.80 Å². The first-order valence-corrected chi connectivity index (χ1v) is 8.70. The average molecular weight is 360 g/mol. The lowest BCUT2D eigenvalue weighted by Crippen LogP contribution is -2.37. The molecule has 7 nitrogen and oxygen atoms in total. The summed E-state index contributed by atoms with van der Waals surface area (Å²) in [6.07, 6.45) is 0.243. The van der Waals surface area contributed by atoms with Crippen LogP contribution in [0.15, 0.2) is 54.6 Å². The van der Waals surface area contributed by atoms with E-state index >= 15 is 0 Å². The van der Waals surface area contributed by atoms with Crippen molar-refractivity contribution in [3.63, 3.8) is 0 Å². The van der Waals surface area contributed by atoms with Crippen LogP contribution >= 0.6 is 0 Å². The maximum atomic E-state index is 13.0. The standard InChI is InChI=1S/C20H20N6O/c1-15-9-11-17(12-10-15)19-22-24-26(23-19)16(2)20(27)25(14-6-13-21)18-7-4-3-5-8-18/h3-5,7-12,16H,6,14H2,1-2H3/t16-/m1/s1. The number of hydrogen-bond acceptors (Lipinski definition) is 5. The molecule has 1 amide bonds. The van der Waals surface area contributed by atoms with Gasteiger partial charge < -0.3 is 4.90 Å². The maximum absolute atomic E-state index is 13.0. The molecule has 2 aromatic carbocycles. The van der Waals surface area contributed by atoms with Gasteiger partial charge in [-0.15, -0.1) is 10.2 Å². The van der Waals surface area contributed by atoms with E-state index in [2.05, 4.69) is 21.5 Å². The summed E-state index contributed by atoms with van der Waals surface area (Å²) >= 11 is 0. The van der Waals surface area contributed by atoms with Crippen LogP contribution in [-0.4, -0.2) is 32.7 Å². The Balaban J connectivity index is 1.83. The van der Waals surface area contributed by atoms with Crippen LogP contribution in [0.2, 0.25) is 0 Å². The molecule has 3 aromatic rings. The zero-order valence-electron chi connectivity index (χ0n) is 15.3. The molecule has 0 N–H and O–H groups in total. The number of carbonyl (C=O) groups is 1. The molecule has 7 heteroatoms. The van der Waals surface area contributed by atoms with Gasteiger partial charge in [0.15, 0.2) is 0 Å². The molecule has 27 heavy (non-hydrogen) atoms. The van der Waals surface area contributed by atoms with Crippen molar-refractivity contribution in [3.8, 4) is 17.5 Å². The summed E-state index contributed by atoms with van der Waals surface area (Å²) in [6.45, 7) is 4.04. The predicted molar refractivity (Wildman–Crippen MR) is 102 cm³/mol. The number of hydrogen-bond donors (Lipinski definition) is 0. The minimum atomic E-state index is -0.643. The van der Waals surface area contributed by atoms with E-state index in [4.69, 9.17) is 5.26 Å². The van der Waals surface area contributed by atoms with Crippen LogP contribution in [0.1, 0.15) is 24.9 Å². The van der Waals surface area contributed by atoms with Crippen molar-refractivity contribution in [2.24, 2.45) is 0 Å². The summed E-state index contributed by atoms with van der Waals surface area (Å²) in [6, 6.07) is 18.5. The number of nitrogens with zero attached hydrogens (tertiary/aromatic N) is 6. The zero-order valence-corrected chi connectivity index (χ0v) is 15.3. The Hall–Kier alpha value is -3.53. The molecule has 0 bridgehead atoms. The second-order valence-corrected chi connectivity index (χ2v) is 6.21. The highest BCUT2D eigenvalue weighted by Gasteiger charge is 2.25. The van der Waals surface area contributed by atoms with E-state index in [-0.39, 0.29) is 12.3 Å². The van der Waals surface area contributed by atoms with Gasteiger partial charge in [0.2, 0.25) is 5.82 Å². The van der Waals surface area contributed by atoms with Crippen molar-refractivity contribution in [1.82, 2.24) is 20.2 Å². The highest BCUT2D eigenvalue weighted by molar-refractivity contribution is 5.95. The van der Waals surface area contributed by atoms with Gasteiger partial charge in [0.05, 0.1) is 12.5 Å². The lowest BCUT2D eigenvalue weighted by molar-refractivity contribution is -0.121. The number of rotatable bonds is 6. The topological polar surface area (TPSA) is 87.7 Å². The third-order valence-corrected chi connectivity index (χ3v) is 4.22. The van der Waals surface area contributed by atoms with Crippen LogP contribution in [0.5, 0.6) is 0 Å². The molecule has 0 spiro atoms. The van der Waals surface area contributed by atoms with Crippen LogP contribution in [0.4, 0.5) is 5.69 Å². The molecule has 0 radical (unpaired) electrons. The van der Waals surface area contributed by atoms with Crippen LogP contribution < -0.4 is 4.90 Å². The first kappa shape index (κ1) is 18.3. The molecule has 3 rings (SSSR count). The average Bonchev–Trinajstić information content (AvgIpc) is 3.19. The molecule has 0 saturated carbocycles. The van der Waals surface area contributed by atoms with Crippen molar-refractivity contribution in [2.45, 2.75) is 26.3 Å². The van der Waals surface area contributed by atoms with Crippen LogP contribution in [0.3, 0.4) is 0 Å². The Bertz CT molecular complexity index is 943. The number of amides is 1. The van der Waals surface area contributed by atoms with Crippen molar-refractivity contribution in [3.05, 3.63) is 60.2 Å². The van der Waals surface area contributed by atoms with Crippen molar-refractivity contribution >= 4 is 11.6 Å². The second kappa shape index (κ2) is 8.23. The van der Waals surface area contributed by atoms with Gasteiger partial charge in [-0.2, -0.15) is 10.1 Å². The van der Waals surface area contributed by atoms with Gasteiger partial charge in [-0.1, -0.05) is 48.0 Å². The Labute approximate surface area is 157 Å². The third kappa shape index (κ3) is 4.18. The summed E-state index contributed by atoms with van der Waals surface area (Å²) in [4.78, 5) is 15.9. The van der Waals surface area contributed by atoms with E-state index in [0.717, 1.165) is 16.8 Å². The number of benzene rings is 2. The lowest BCUT2D eigenvalue weighted by Gasteiger charge is -2.24. The summed E-state index contributed by atoms with van der Waals surface area (Å²) in [7, 11) is 0. The molecule has 1 atom stereocenters. The predicted octanol–water partition coefficient (Wildman–Crippen LogP) is 3.16. The number of carbonyl (C=O) groups excluding carboxylic acids is 1. The van der Waals surface area contributed by atoms with Crippen LogP contribution in [-0.2, 0) is 4.79 Å². The van der Waals surface area contributed by atoms with Gasteiger partial charge in [0, 0.05) is 17.8 Å². The van der Waals surface area contributed by atoms with E-state index in [9.17, 15) is 4.79 Å². The highest BCUT2D eigenvalue weighted by atomic mass is 16.2. The number of anilines is 1. The minimum absolute atomic E-state index is 0.190. The molecular weight excluding hydrogens is 340 g/mol. The summed E-state index contributed by atoms with van der Waals surface area (Å²) in [5, 5.41) is 21.4. The zero-order chi connectivity index (χ0) is 19.2. The summed E-state index contributed by atoms with van der Waals surface area (Å²) < 4.78 is 0. The quantitative estimate of drug-likeness (QED) is 0.674.